The summed E-state index contributed by atoms with van der Waals surface area (Å²) in [6.45, 7) is 9.30. The number of amides is 2. The van der Waals surface area contributed by atoms with Crippen LogP contribution in [0.15, 0.2) is 0 Å². The first-order valence-corrected chi connectivity index (χ1v) is 6.15. The monoisotopic (exact) mass is 243 g/mol. The van der Waals surface area contributed by atoms with E-state index in [1.165, 1.54) is 0 Å². The van der Waals surface area contributed by atoms with Crippen LogP contribution in [0, 0.1) is 5.92 Å². The van der Waals surface area contributed by atoms with Crippen molar-refractivity contribution in [2.45, 2.75) is 59.2 Å². The van der Waals surface area contributed by atoms with Gasteiger partial charge < -0.3 is 16.4 Å². The Balaban J connectivity index is 4.24. The van der Waals surface area contributed by atoms with Crippen LogP contribution in [0.4, 0.5) is 0 Å². The Hall–Kier alpha value is -1.10. The maximum Gasteiger partial charge on any atom is 0.242 e. The van der Waals surface area contributed by atoms with Gasteiger partial charge in [-0.1, -0.05) is 20.3 Å². The van der Waals surface area contributed by atoms with E-state index < -0.39 is 12.1 Å². The van der Waals surface area contributed by atoms with Gasteiger partial charge in [-0.25, -0.2) is 0 Å². The van der Waals surface area contributed by atoms with Crippen LogP contribution in [0.25, 0.3) is 0 Å². The highest BCUT2D eigenvalue weighted by Gasteiger charge is 2.23. The van der Waals surface area contributed by atoms with Crippen molar-refractivity contribution in [2.75, 3.05) is 0 Å². The Kier molecular flexibility index (Phi) is 6.80. The Morgan fingerprint density at radius 2 is 1.59 bits per heavy atom. The van der Waals surface area contributed by atoms with E-state index in [-0.39, 0.29) is 23.8 Å². The lowest BCUT2D eigenvalue weighted by molar-refractivity contribution is -0.130. The lowest BCUT2D eigenvalue weighted by Crippen LogP contribution is -2.52. The second kappa shape index (κ2) is 7.27. The SMILES string of the molecule is CC[C@H](C)[C@H](N)C(=O)NC(C)C(=O)NC(C)C. The number of carbonyl (C=O) groups excluding carboxylic acids is 2. The van der Waals surface area contributed by atoms with Crippen LogP contribution < -0.4 is 16.4 Å². The van der Waals surface area contributed by atoms with Crippen LogP contribution in [0.2, 0.25) is 0 Å². The van der Waals surface area contributed by atoms with Crippen molar-refractivity contribution < 1.29 is 9.59 Å². The summed E-state index contributed by atoms with van der Waals surface area (Å²) in [6.07, 6.45) is 0.834. The van der Waals surface area contributed by atoms with Gasteiger partial charge in [0, 0.05) is 6.04 Å². The fourth-order valence-corrected chi connectivity index (χ4v) is 1.30. The highest BCUT2D eigenvalue weighted by molar-refractivity contribution is 5.89. The molecule has 0 saturated heterocycles. The van der Waals surface area contributed by atoms with E-state index in [1.54, 1.807) is 6.92 Å². The number of hydrogen-bond donors (Lipinski definition) is 3. The van der Waals surface area contributed by atoms with Crippen molar-refractivity contribution in [2.24, 2.45) is 11.7 Å². The van der Waals surface area contributed by atoms with Crippen molar-refractivity contribution in [1.82, 2.24) is 10.6 Å². The van der Waals surface area contributed by atoms with E-state index in [1.807, 2.05) is 27.7 Å². The average molecular weight is 243 g/mol. The Morgan fingerprint density at radius 3 is 2.00 bits per heavy atom. The molecule has 0 aliphatic rings. The Bertz CT molecular complexity index is 266. The topological polar surface area (TPSA) is 84.2 Å². The van der Waals surface area contributed by atoms with Crippen molar-refractivity contribution in [3.05, 3.63) is 0 Å². The molecular formula is C12H25N3O2. The van der Waals surface area contributed by atoms with Crippen LogP contribution in [-0.2, 0) is 9.59 Å². The number of hydrogen-bond acceptors (Lipinski definition) is 3. The number of nitrogens with one attached hydrogen (secondary N) is 2. The van der Waals surface area contributed by atoms with E-state index in [2.05, 4.69) is 10.6 Å². The maximum absolute atomic E-state index is 11.7. The van der Waals surface area contributed by atoms with Crippen LogP contribution in [-0.4, -0.2) is 29.9 Å². The van der Waals surface area contributed by atoms with Crippen LogP contribution in [0.3, 0.4) is 0 Å². The van der Waals surface area contributed by atoms with E-state index in [0.29, 0.717) is 0 Å². The summed E-state index contributed by atoms with van der Waals surface area (Å²) in [7, 11) is 0. The number of nitrogens with two attached hydrogens (primary N) is 1. The normalized spacial score (nSPS) is 16.2. The van der Waals surface area contributed by atoms with Gasteiger partial charge in [0.15, 0.2) is 0 Å². The van der Waals surface area contributed by atoms with Crippen molar-refractivity contribution >= 4 is 11.8 Å². The minimum Gasteiger partial charge on any atom is -0.352 e. The molecule has 5 nitrogen and oxygen atoms in total. The fourth-order valence-electron chi connectivity index (χ4n) is 1.30. The molecule has 0 aromatic heterocycles. The van der Waals surface area contributed by atoms with E-state index in [0.717, 1.165) is 6.42 Å². The molecule has 0 rings (SSSR count). The molecular weight excluding hydrogens is 218 g/mol. The zero-order valence-corrected chi connectivity index (χ0v) is 11.4. The summed E-state index contributed by atoms with van der Waals surface area (Å²) in [6, 6.07) is -1.06. The molecule has 0 saturated carbocycles. The van der Waals surface area contributed by atoms with Crippen molar-refractivity contribution in [3.8, 4) is 0 Å². The molecule has 2 amide bonds. The summed E-state index contributed by atoms with van der Waals surface area (Å²) in [5.74, 6) is -0.356. The minimum absolute atomic E-state index is 0.0603. The van der Waals surface area contributed by atoms with Gasteiger partial charge in [0.2, 0.25) is 11.8 Å². The molecule has 0 fully saturated rings. The average Bonchev–Trinajstić information content (AvgIpc) is 2.25. The molecule has 0 aliphatic carbocycles. The molecule has 0 heterocycles. The van der Waals surface area contributed by atoms with Gasteiger partial charge >= 0.3 is 0 Å². The van der Waals surface area contributed by atoms with Gasteiger partial charge in [-0.2, -0.15) is 0 Å². The molecule has 100 valence electrons. The highest BCUT2D eigenvalue weighted by Crippen LogP contribution is 2.05. The van der Waals surface area contributed by atoms with Crippen LogP contribution >= 0.6 is 0 Å². The molecule has 0 aromatic carbocycles. The zero-order valence-electron chi connectivity index (χ0n) is 11.4. The van der Waals surface area contributed by atoms with Gasteiger partial charge in [-0.3, -0.25) is 9.59 Å². The van der Waals surface area contributed by atoms with E-state index in [9.17, 15) is 9.59 Å². The molecule has 0 radical (unpaired) electrons. The third-order valence-corrected chi connectivity index (χ3v) is 2.74. The van der Waals surface area contributed by atoms with Gasteiger partial charge in [0.25, 0.3) is 0 Å². The van der Waals surface area contributed by atoms with Gasteiger partial charge in [-0.05, 0) is 26.7 Å². The molecule has 17 heavy (non-hydrogen) atoms. The zero-order chi connectivity index (χ0) is 13.6. The third-order valence-electron chi connectivity index (χ3n) is 2.74. The lowest BCUT2D eigenvalue weighted by atomic mass is 9.99. The fraction of sp³-hybridized carbons (Fsp3) is 0.833. The molecule has 0 aromatic rings. The quantitative estimate of drug-likeness (QED) is 0.631. The van der Waals surface area contributed by atoms with Gasteiger partial charge in [0.05, 0.1) is 6.04 Å². The summed E-state index contributed by atoms with van der Waals surface area (Å²) in [5.41, 5.74) is 5.78. The summed E-state index contributed by atoms with van der Waals surface area (Å²) < 4.78 is 0. The first-order valence-electron chi connectivity index (χ1n) is 6.15. The van der Waals surface area contributed by atoms with Crippen LogP contribution in [0.5, 0.6) is 0 Å². The first kappa shape index (κ1) is 15.9. The van der Waals surface area contributed by atoms with Crippen LogP contribution in [0.1, 0.15) is 41.0 Å². The summed E-state index contributed by atoms with van der Waals surface area (Å²) >= 11 is 0. The number of carbonyl (C=O) groups is 2. The number of rotatable bonds is 6. The summed E-state index contributed by atoms with van der Waals surface area (Å²) in [4.78, 5) is 23.3. The third kappa shape index (κ3) is 5.68. The molecule has 3 atom stereocenters. The molecule has 1 unspecified atom stereocenters. The van der Waals surface area contributed by atoms with Gasteiger partial charge in [-0.15, -0.1) is 0 Å². The highest BCUT2D eigenvalue weighted by atomic mass is 16.2. The standard InChI is InChI=1S/C12H25N3O2/c1-6-8(4)10(13)12(17)15-9(5)11(16)14-7(2)3/h7-10H,6,13H2,1-5H3,(H,14,16)(H,15,17)/t8-,9?,10-/m0/s1. The Labute approximate surface area is 104 Å². The largest absolute Gasteiger partial charge is 0.352 e. The molecule has 0 bridgehead atoms. The summed E-state index contributed by atoms with van der Waals surface area (Å²) in [5, 5.41) is 5.36. The molecule has 4 N–H and O–H groups in total. The van der Waals surface area contributed by atoms with E-state index >= 15 is 0 Å². The van der Waals surface area contributed by atoms with Crippen molar-refractivity contribution in [3.63, 3.8) is 0 Å². The molecule has 0 aliphatic heterocycles. The predicted molar refractivity (Wildman–Crippen MR) is 68.3 cm³/mol. The maximum atomic E-state index is 11.7. The van der Waals surface area contributed by atoms with Gasteiger partial charge in [0.1, 0.15) is 6.04 Å². The minimum atomic E-state index is -0.561. The molecule has 5 heteroatoms. The molecule has 0 spiro atoms. The smallest absolute Gasteiger partial charge is 0.242 e. The van der Waals surface area contributed by atoms with E-state index in [4.69, 9.17) is 5.73 Å². The first-order chi connectivity index (χ1) is 7.79. The second-order valence-corrected chi connectivity index (χ2v) is 4.80. The predicted octanol–water partition coefficient (Wildman–Crippen LogP) is 0.389. The Morgan fingerprint density at radius 1 is 1.06 bits per heavy atom. The lowest BCUT2D eigenvalue weighted by Gasteiger charge is -2.21. The second-order valence-electron chi connectivity index (χ2n) is 4.80. The van der Waals surface area contributed by atoms with Crippen molar-refractivity contribution in [1.29, 1.82) is 0 Å².